The van der Waals surface area contributed by atoms with Gasteiger partial charge >= 0.3 is 0 Å². The van der Waals surface area contributed by atoms with Gasteiger partial charge in [-0.25, -0.2) is 0 Å². The molecule has 60 valence electrons. The Bertz CT molecular complexity index is 92.9. The first kappa shape index (κ1) is 7.98. The van der Waals surface area contributed by atoms with E-state index in [-0.39, 0.29) is 12.2 Å². The normalized spacial score (nSPS) is 34.2. The smallest absolute Gasteiger partial charge is 0.107 e. The molecule has 1 aliphatic heterocycles. The van der Waals surface area contributed by atoms with Crippen molar-refractivity contribution in [2.24, 2.45) is 0 Å². The molecule has 0 spiro atoms. The molecular formula is C7H14O3. The van der Waals surface area contributed by atoms with Gasteiger partial charge in [0.2, 0.25) is 0 Å². The Morgan fingerprint density at radius 2 is 2.50 bits per heavy atom. The van der Waals surface area contributed by atoms with Crippen molar-refractivity contribution in [2.75, 3.05) is 19.8 Å². The summed E-state index contributed by atoms with van der Waals surface area (Å²) in [5, 5.41) is 9.30. The first-order valence-electron chi connectivity index (χ1n) is 3.72. The molecule has 0 aliphatic carbocycles. The zero-order valence-electron chi connectivity index (χ0n) is 6.25. The summed E-state index contributed by atoms with van der Waals surface area (Å²) in [4.78, 5) is 0. The summed E-state index contributed by atoms with van der Waals surface area (Å²) in [5.41, 5.74) is 0. The van der Waals surface area contributed by atoms with Crippen LogP contribution in [0.5, 0.6) is 0 Å². The number of aliphatic hydroxyl groups excluding tert-OH is 1. The van der Waals surface area contributed by atoms with Crippen LogP contribution in [0.15, 0.2) is 0 Å². The number of ether oxygens (including phenoxy) is 2. The van der Waals surface area contributed by atoms with Crippen LogP contribution in [0.4, 0.5) is 0 Å². The van der Waals surface area contributed by atoms with Gasteiger partial charge in [0.05, 0.1) is 12.7 Å². The molecule has 1 aliphatic rings. The summed E-state index contributed by atoms with van der Waals surface area (Å²) in [6.45, 7) is 3.76. The lowest BCUT2D eigenvalue weighted by Crippen LogP contribution is -2.38. The molecule has 0 saturated carbocycles. The molecule has 10 heavy (non-hydrogen) atoms. The van der Waals surface area contributed by atoms with E-state index in [4.69, 9.17) is 9.47 Å². The van der Waals surface area contributed by atoms with Crippen LogP contribution in [-0.2, 0) is 9.47 Å². The molecule has 2 unspecified atom stereocenters. The van der Waals surface area contributed by atoms with Crippen LogP contribution < -0.4 is 0 Å². The molecule has 0 aromatic carbocycles. The molecule has 0 bridgehead atoms. The van der Waals surface area contributed by atoms with E-state index < -0.39 is 0 Å². The maximum Gasteiger partial charge on any atom is 0.107 e. The van der Waals surface area contributed by atoms with E-state index in [1.54, 1.807) is 0 Å². The van der Waals surface area contributed by atoms with E-state index in [1.807, 2.05) is 6.92 Å². The van der Waals surface area contributed by atoms with Gasteiger partial charge in [0.1, 0.15) is 6.10 Å². The van der Waals surface area contributed by atoms with Crippen molar-refractivity contribution in [1.29, 1.82) is 0 Å². The van der Waals surface area contributed by atoms with E-state index in [2.05, 4.69) is 0 Å². The zero-order valence-corrected chi connectivity index (χ0v) is 6.25. The predicted octanol–water partition coefficient (Wildman–Crippen LogP) is 0.173. The first-order valence-corrected chi connectivity index (χ1v) is 3.72. The van der Waals surface area contributed by atoms with E-state index in [0.29, 0.717) is 26.2 Å². The lowest BCUT2D eigenvalue weighted by molar-refractivity contribution is -0.114. The minimum Gasteiger partial charge on any atom is -0.390 e. The lowest BCUT2D eigenvalue weighted by atomic mass is 10.1. The SMILES string of the molecule is CCOC1COCCC1O. The molecule has 1 heterocycles. The summed E-state index contributed by atoms with van der Waals surface area (Å²) in [6.07, 6.45) is 0.275. The average molecular weight is 146 g/mol. The van der Waals surface area contributed by atoms with Crippen LogP contribution in [0, 0.1) is 0 Å². The first-order chi connectivity index (χ1) is 4.84. The number of aliphatic hydroxyl groups is 1. The second-order valence-electron chi connectivity index (χ2n) is 2.42. The lowest BCUT2D eigenvalue weighted by Gasteiger charge is -2.27. The van der Waals surface area contributed by atoms with Gasteiger partial charge in [0.25, 0.3) is 0 Å². The van der Waals surface area contributed by atoms with E-state index in [1.165, 1.54) is 0 Å². The molecule has 1 rings (SSSR count). The van der Waals surface area contributed by atoms with Gasteiger partial charge < -0.3 is 14.6 Å². The average Bonchev–Trinajstić information content (AvgIpc) is 1.94. The van der Waals surface area contributed by atoms with Crippen LogP contribution in [0.25, 0.3) is 0 Å². The molecule has 0 radical (unpaired) electrons. The van der Waals surface area contributed by atoms with E-state index >= 15 is 0 Å². The van der Waals surface area contributed by atoms with Crippen molar-refractivity contribution in [3.05, 3.63) is 0 Å². The summed E-state index contributed by atoms with van der Waals surface area (Å²) < 4.78 is 10.3. The third-order valence-electron chi connectivity index (χ3n) is 1.65. The number of hydrogen-bond donors (Lipinski definition) is 1. The highest BCUT2D eigenvalue weighted by atomic mass is 16.5. The van der Waals surface area contributed by atoms with Crippen molar-refractivity contribution in [1.82, 2.24) is 0 Å². The second kappa shape index (κ2) is 3.91. The van der Waals surface area contributed by atoms with Gasteiger partial charge in [-0.3, -0.25) is 0 Å². The predicted molar refractivity (Wildman–Crippen MR) is 36.9 cm³/mol. The monoisotopic (exact) mass is 146 g/mol. The molecular weight excluding hydrogens is 132 g/mol. The summed E-state index contributed by atoms with van der Waals surface area (Å²) in [5.74, 6) is 0. The number of hydrogen-bond acceptors (Lipinski definition) is 3. The molecule has 0 aromatic rings. The van der Waals surface area contributed by atoms with Gasteiger partial charge in [-0.1, -0.05) is 0 Å². The summed E-state index contributed by atoms with van der Waals surface area (Å²) in [6, 6.07) is 0. The van der Waals surface area contributed by atoms with Crippen LogP contribution in [0.1, 0.15) is 13.3 Å². The Morgan fingerprint density at radius 1 is 1.70 bits per heavy atom. The Kier molecular flexibility index (Phi) is 3.12. The third-order valence-corrected chi connectivity index (χ3v) is 1.65. The highest BCUT2D eigenvalue weighted by Crippen LogP contribution is 2.10. The Balaban J connectivity index is 2.25. The maximum absolute atomic E-state index is 9.30. The van der Waals surface area contributed by atoms with Crippen LogP contribution >= 0.6 is 0 Å². The van der Waals surface area contributed by atoms with E-state index in [0.717, 1.165) is 0 Å². The van der Waals surface area contributed by atoms with Crippen LogP contribution in [0.2, 0.25) is 0 Å². The highest BCUT2D eigenvalue weighted by Gasteiger charge is 2.23. The molecule has 1 saturated heterocycles. The quantitative estimate of drug-likeness (QED) is 0.603. The molecule has 3 heteroatoms. The Labute approximate surface area is 60.9 Å². The Hall–Kier alpha value is -0.120. The van der Waals surface area contributed by atoms with Gasteiger partial charge in [0, 0.05) is 13.2 Å². The van der Waals surface area contributed by atoms with Gasteiger partial charge in [0.15, 0.2) is 0 Å². The fourth-order valence-electron chi connectivity index (χ4n) is 1.07. The minimum absolute atomic E-state index is 0.0984. The molecule has 1 N–H and O–H groups in total. The fourth-order valence-corrected chi connectivity index (χ4v) is 1.07. The Morgan fingerprint density at radius 3 is 3.10 bits per heavy atom. The maximum atomic E-state index is 9.30. The van der Waals surface area contributed by atoms with Crippen molar-refractivity contribution < 1.29 is 14.6 Å². The van der Waals surface area contributed by atoms with Crippen molar-refractivity contribution in [3.8, 4) is 0 Å². The van der Waals surface area contributed by atoms with Gasteiger partial charge in [-0.05, 0) is 13.3 Å². The topological polar surface area (TPSA) is 38.7 Å². The van der Waals surface area contributed by atoms with Crippen molar-refractivity contribution in [3.63, 3.8) is 0 Å². The molecule has 1 fully saturated rings. The highest BCUT2D eigenvalue weighted by molar-refractivity contribution is 4.72. The van der Waals surface area contributed by atoms with E-state index in [9.17, 15) is 5.11 Å². The standard InChI is InChI=1S/C7H14O3/c1-2-10-7-5-9-4-3-6(7)8/h6-8H,2-5H2,1H3. The minimum atomic E-state index is -0.325. The molecule has 3 nitrogen and oxygen atoms in total. The molecule has 0 amide bonds. The van der Waals surface area contributed by atoms with Crippen molar-refractivity contribution in [2.45, 2.75) is 25.6 Å². The zero-order chi connectivity index (χ0) is 7.40. The second-order valence-corrected chi connectivity index (χ2v) is 2.42. The third kappa shape index (κ3) is 1.94. The van der Waals surface area contributed by atoms with Crippen LogP contribution in [-0.4, -0.2) is 37.1 Å². The van der Waals surface area contributed by atoms with Crippen LogP contribution in [0.3, 0.4) is 0 Å². The summed E-state index contributed by atoms with van der Waals surface area (Å²) >= 11 is 0. The summed E-state index contributed by atoms with van der Waals surface area (Å²) in [7, 11) is 0. The van der Waals surface area contributed by atoms with Gasteiger partial charge in [-0.2, -0.15) is 0 Å². The molecule has 2 atom stereocenters. The van der Waals surface area contributed by atoms with Gasteiger partial charge in [-0.15, -0.1) is 0 Å². The fraction of sp³-hybridized carbons (Fsp3) is 1.00. The van der Waals surface area contributed by atoms with Crippen molar-refractivity contribution >= 4 is 0 Å². The largest absolute Gasteiger partial charge is 0.390 e. The molecule has 0 aromatic heterocycles. The number of rotatable bonds is 2.